The summed E-state index contributed by atoms with van der Waals surface area (Å²) in [6.45, 7) is 0.262. The van der Waals surface area contributed by atoms with E-state index in [-0.39, 0.29) is 36.9 Å². The van der Waals surface area contributed by atoms with Gasteiger partial charge in [0.2, 0.25) is 5.91 Å². The first-order chi connectivity index (χ1) is 11.1. The molecular formula is C17H24N2O4. The number of ether oxygens (including phenoxy) is 2. The van der Waals surface area contributed by atoms with Crippen molar-refractivity contribution in [3.63, 3.8) is 0 Å². The molecule has 126 valence electrons. The van der Waals surface area contributed by atoms with E-state index in [0.29, 0.717) is 5.75 Å². The van der Waals surface area contributed by atoms with Crippen LogP contribution in [0, 0.1) is 5.92 Å². The van der Waals surface area contributed by atoms with E-state index in [2.05, 4.69) is 10.1 Å². The maximum absolute atomic E-state index is 12.2. The average molecular weight is 320 g/mol. The number of nitrogens with two attached hydrogens (primary N) is 1. The lowest BCUT2D eigenvalue weighted by Gasteiger charge is -2.25. The number of hydrogen-bond donors (Lipinski definition) is 2. The fourth-order valence-electron chi connectivity index (χ4n) is 2.70. The molecule has 1 amide bonds. The van der Waals surface area contributed by atoms with Gasteiger partial charge in [-0.2, -0.15) is 0 Å². The summed E-state index contributed by atoms with van der Waals surface area (Å²) in [4.78, 5) is 23.2. The average Bonchev–Trinajstić information content (AvgIpc) is 2.56. The summed E-state index contributed by atoms with van der Waals surface area (Å²) in [5, 5.41) is 2.92. The fourth-order valence-corrected chi connectivity index (χ4v) is 2.70. The maximum Gasteiger partial charge on any atom is 0.308 e. The lowest BCUT2D eigenvalue weighted by Crippen LogP contribution is -2.34. The molecule has 0 aromatic heterocycles. The highest BCUT2D eigenvalue weighted by Gasteiger charge is 2.25. The van der Waals surface area contributed by atoms with E-state index >= 15 is 0 Å². The molecule has 0 spiro atoms. The standard InChI is InChI=1S/C17H24N2O4/c1-22-16(20)9-10-23-15-7-5-14(6-8-15)19-17(21)12-3-2-4-13(18)11-12/h5-8,12-13H,2-4,9-11,18H2,1H3,(H,19,21). The highest BCUT2D eigenvalue weighted by atomic mass is 16.5. The number of anilines is 1. The van der Waals surface area contributed by atoms with E-state index in [0.717, 1.165) is 31.4 Å². The molecule has 1 aromatic carbocycles. The molecule has 1 aliphatic carbocycles. The summed E-state index contributed by atoms with van der Waals surface area (Å²) in [6.07, 6.45) is 3.86. The third-order valence-corrected chi connectivity index (χ3v) is 4.01. The van der Waals surface area contributed by atoms with Crippen molar-refractivity contribution < 1.29 is 19.1 Å². The van der Waals surface area contributed by atoms with Gasteiger partial charge >= 0.3 is 5.97 Å². The van der Waals surface area contributed by atoms with Gasteiger partial charge in [-0.15, -0.1) is 0 Å². The van der Waals surface area contributed by atoms with Gasteiger partial charge in [0.1, 0.15) is 5.75 Å². The van der Waals surface area contributed by atoms with Gasteiger partial charge in [-0.3, -0.25) is 9.59 Å². The van der Waals surface area contributed by atoms with Gasteiger partial charge in [-0.05, 0) is 43.5 Å². The van der Waals surface area contributed by atoms with Crippen LogP contribution in [-0.2, 0) is 14.3 Å². The fraction of sp³-hybridized carbons (Fsp3) is 0.529. The molecule has 1 aromatic rings. The Morgan fingerprint density at radius 1 is 1.26 bits per heavy atom. The van der Waals surface area contributed by atoms with Crippen LogP contribution < -0.4 is 15.8 Å². The Hall–Kier alpha value is -2.08. The molecule has 0 radical (unpaired) electrons. The Bertz CT molecular complexity index is 530. The summed E-state index contributed by atoms with van der Waals surface area (Å²) < 4.78 is 9.98. The molecule has 23 heavy (non-hydrogen) atoms. The first kappa shape index (κ1) is 17.3. The van der Waals surface area contributed by atoms with E-state index in [1.54, 1.807) is 24.3 Å². The Balaban J connectivity index is 1.80. The summed E-state index contributed by atoms with van der Waals surface area (Å²) >= 11 is 0. The van der Waals surface area contributed by atoms with Crippen molar-refractivity contribution in [1.29, 1.82) is 0 Å². The zero-order valence-corrected chi connectivity index (χ0v) is 13.4. The molecule has 6 heteroatoms. The van der Waals surface area contributed by atoms with E-state index in [1.165, 1.54) is 7.11 Å². The van der Waals surface area contributed by atoms with Crippen LogP contribution in [0.15, 0.2) is 24.3 Å². The lowest BCUT2D eigenvalue weighted by molar-refractivity contribution is -0.141. The summed E-state index contributed by atoms with van der Waals surface area (Å²) in [7, 11) is 1.35. The molecule has 2 atom stereocenters. The molecule has 1 aliphatic rings. The Morgan fingerprint density at radius 2 is 2.00 bits per heavy atom. The van der Waals surface area contributed by atoms with Crippen molar-refractivity contribution in [2.75, 3.05) is 19.0 Å². The van der Waals surface area contributed by atoms with Crippen LogP contribution in [-0.4, -0.2) is 31.6 Å². The van der Waals surface area contributed by atoms with Crippen molar-refractivity contribution in [1.82, 2.24) is 0 Å². The van der Waals surface area contributed by atoms with E-state index in [9.17, 15) is 9.59 Å². The number of carbonyl (C=O) groups is 2. The van der Waals surface area contributed by atoms with Crippen LogP contribution in [0.1, 0.15) is 32.1 Å². The van der Waals surface area contributed by atoms with Gasteiger partial charge in [0.25, 0.3) is 0 Å². The van der Waals surface area contributed by atoms with Gasteiger partial charge in [0, 0.05) is 17.6 Å². The van der Waals surface area contributed by atoms with Crippen molar-refractivity contribution in [2.24, 2.45) is 11.7 Å². The number of carbonyl (C=O) groups excluding carboxylic acids is 2. The number of methoxy groups -OCH3 is 1. The summed E-state index contributed by atoms with van der Waals surface area (Å²) in [5.74, 6) is 0.361. The van der Waals surface area contributed by atoms with Gasteiger partial charge in [-0.25, -0.2) is 0 Å². The second-order valence-electron chi connectivity index (χ2n) is 5.81. The van der Waals surface area contributed by atoms with Crippen LogP contribution in [0.2, 0.25) is 0 Å². The van der Waals surface area contributed by atoms with Crippen LogP contribution >= 0.6 is 0 Å². The number of benzene rings is 1. The van der Waals surface area contributed by atoms with Crippen molar-refractivity contribution >= 4 is 17.6 Å². The van der Waals surface area contributed by atoms with Gasteiger partial charge in [0.05, 0.1) is 20.1 Å². The second kappa shape index (κ2) is 8.53. The van der Waals surface area contributed by atoms with Crippen LogP contribution in [0.5, 0.6) is 5.75 Å². The number of hydrogen-bond acceptors (Lipinski definition) is 5. The number of rotatable bonds is 6. The SMILES string of the molecule is COC(=O)CCOc1ccc(NC(=O)C2CCCC(N)C2)cc1. The van der Waals surface area contributed by atoms with Gasteiger partial charge in [-0.1, -0.05) is 6.42 Å². The zero-order chi connectivity index (χ0) is 16.7. The predicted molar refractivity (Wildman–Crippen MR) is 87.1 cm³/mol. The molecule has 0 saturated heterocycles. The topological polar surface area (TPSA) is 90.6 Å². The third kappa shape index (κ3) is 5.56. The Labute approximate surface area is 136 Å². The van der Waals surface area contributed by atoms with Crippen LogP contribution in [0.25, 0.3) is 0 Å². The monoisotopic (exact) mass is 320 g/mol. The zero-order valence-electron chi connectivity index (χ0n) is 13.4. The van der Waals surface area contributed by atoms with E-state index < -0.39 is 0 Å². The van der Waals surface area contributed by atoms with Gasteiger partial charge < -0.3 is 20.5 Å². The minimum atomic E-state index is -0.306. The number of esters is 1. The minimum absolute atomic E-state index is 0.00488. The first-order valence-electron chi connectivity index (χ1n) is 7.94. The molecule has 6 nitrogen and oxygen atoms in total. The predicted octanol–water partition coefficient (Wildman–Crippen LogP) is 2.08. The number of amides is 1. The Morgan fingerprint density at radius 3 is 2.65 bits per heavy atom. The smallest absolute Gasteiger partial charge is 0.308 e. The van der Waals surface area contributed by atoms with Gasteiger partial charge in [0.15, 0.2) is 0 Å². The molecule has 3 N–H and O–H groups in total. The number of nitrogens with one attached hydrogen (secondary N) is 1. The summed E-state index contributed by atoms with van der Waals surface area (Å²) in [6, 6.07) is 7.23. The van der Waals surface area contributed by atoms with Crippen molar-refractivity contribution in [3.05, 3.63) is 24.3 Å². The second-order valence-corrected chi connectivity index (χ2v) is 5.81. The molecular weight excluding hydrogens is 296 g/mol. The lowest BCUT2D eigenvalue weighted by atomic mass is 9.85. The minimum Gasteiger partial charge on any atom is -0.493 e. The van der Waals surface area contributed by atoms with E-state index in [4.69, 9.17) is 10.5 Å². The van der Waals surface area contributed by atoms with Crippen LogP contribution in [0.4, 0.5) is 5.69 Å². The van der Waals surface area contributed by atoms with E-state index in [1.807, 2.05) is 0 Å². The first-order valence-corrected chi connectivity index (χ1v) is 7.94. The molecule has 0 heterocycles. The van der Waals surface area contributed by atoms with Crippen molar-refractivity contribution in [2.45, 2.75) is 38.1 Å². The molecule has 0 aliphatic heterocycles. The summed E-state index contributed by atoms with van der Waals surface area (Å²) in [5.41, 5.74) is 6.66. The molecule has 2 rings (SSSR count). The molecule has 1 fully saturated rings. The largest absolute Gasteiger partial charge is 0.493 e. The molecule has 0 bridgehead atoms. The molecule has 2 unspecified atom stereocenters. The third-order valence-electron chi connectivity index (χ3n) is 4.01. The Kier molecular flexibility index (Phi) is 6.40. The highest BCUT2D eigenvalue weighted by Crippen LogP contribution is 2.25. The normalized spacial score (nSPS) is 20.6. The maximum atomic E-state index is 12.2. The van der Waals surface area contributed by atoms with Crippen LogP contribution in [0.3, 0.4) is 0 Å². The quantitative estimate of drug-likeness (QED) is 0.783. The highest BCUT2D eigenvalue weighted by molar-refractivity contribution is 5.92. The van der Waals surface area contributed by atoms with Crippen molar-refractivity contribution in [3.8, 4) is 5.75 Å². The molecule has 1 saturated carbocycles.